The zero-order valence-electron chi connectivity index (χ0n) is 13.4. The maximum Gasteiger partial charge on any atom is 0.188 e. The SMILES string of the molecule is CCOCCN=C(N)NCCc1ccc(OC)c(OC)c1.I. The topological polar surface area (TPSA) is 78.1 Å². The molecule has 22 heavy (non-hydrogen) atoms. The highest BCUT2D eigenvalue weighted by atomic mass is 127. The lowest BCUT2D eigenvalue weighted by Crippen LogP contribution is -2.33. The Bertz CT molecular complexity index is 456. The standard InChI is InChI=1S/C15H25N3O3.HI/c1-4-21-10-9-18-15(16)17-8-7-12-5-6-13(19-2)14(11-12)20-3;/h5-6,11H,4,7-10H2,1-3H3,(H3,16,17,18);1H. The van der Waals surface area contributed by atoms with E-state index in [9.17, 15) is 0 Å². The van der Waals surface area contributed by atoms with Crippen LogP contribution in [0.15, 0.2) is 23.2 Å². The molecule has 126 valence electrons. The number of halogens is 1. The number of nitrogens with two attached hydrogens (primary N) is 1. The Hall–Kier alpha value is -1.22. The molecular weight excluding hydrogens is 397 g/mol. The van der Waals surface area contributed by atoms with Crippen LogP contribution in [0.3, 0.4) is 0 Å². The number of nitrogens with one attached hydrogen (secondary N) is 1. The third kappa shape index (κ3) is 7.69. The zero-order chi connectivity index (χ0) is 15.5. The van der Waals surface area contributed by atoms with Crippen LogP contribution in [0.4, 0.5) is 0 Å². The van der Waals surface area contributed by atoms with Crippen LogP contribution in [-0.2, 0) is 11.2 Å². The van der Waals surface area contributed by atoms with Crippen molar-refractivity contribution in [2.45, 2.75) is 13.3 Å². The Labute approximate surface area is 149 Å². The predicted octanol–water partition coefficient (Wildman–Crippen LogP) is 1.81. The van der Waals surface area contributed by atoms with Gasteiger partial charge in [-0.05, 0) is 31.0 Å². The molecule has 0 fully saturated rings. The highest BCUT2D eigenvalue weighted by Crippen LogP contribution is 2.27. The predicted molar refractivity (Wildman–Crippen MR) is 99.7 cm³/mol. The van der Waals surface area contributed by atoms with Crippen molar-refractivity contribution < 1.29 is 14.2 Å². The monoisotopic (exact) mass is 423 g/mol. The third-order valence-electron chi connectivity index (χ3n) is 2.89. The summed E-state index contributed by atoms with van der Waals surface area (Å²) in [6.45, 7) is 4.52. The van der Waals surface area contributed by atoms with Crippen molar-refractivity contribution in [2.75, 3.05) is 40.5 Å². The van der Waals surface area contributed by atoms with Crippen LogP contribution < -0.4 is 20.5 Å². The lowest BCUT2D eigenvalue weighted by molar-refractivity contribution is 0.155. The Morgan fingerprint density at radius 3 is 2.59 bits per heavy atom. The molecule has 0 aliphatic heterocycles. The van der Waals surface area contributed by atoms with Gasteiger partial charge in [0.25, 0.3) is 0 Å². The van der Waals surface area contributed by atoms with Gasteiger partial charge in [-0.2, -0.15) is 0 Å². The Kier molecular flexibility index (Phi) is 11.7. The molecule has 0 amide bonds. The summed E-state index contributed by atoms with van der Waals surface area (Å²) in [4.78, 5) is 4.17. The Morgan fingerprint density at radius 1 is 1.23 bits per heavy atom. The Morgan fingerprint density at radius 2 is 1.95 bits per heavy atom. The number of hydrogen-bond donors (Lipinski definition) is 2. The van der Waals surface area contributed by atoms with E-state index in [0.29, 0.717) is 32.3 Å². The van der Waals surface area contributed by atoms with Crippen LogP contribution in [0.1, 0.15) is 12.5 Å². The number of aliphatic imine (C=N–C) groups is 1. The maximum atomic E-state index is 5.76. The summed E-state index contributed by atoms with van der Waals surface area (Å²) in [7, 11) is 3.25. The van der Waals surface area contributed by atoms with E-state index in [1.165, 1.54) is 0 Å². The van der Waals surface area contributed by atoms with E-state index in [-0.39, 0.29) is 24.0 Å². The summed E-state index contributed by atoms with van der Waals surface area (Å²) in [6.07, 6.45) is 0.821. The second-order valence-electron chi connectivity index (χ2n) is 4.33. The number of hydrogen-bond acceptors (Lipinski definition) is 4. The molecule has 0 aliphatic rings. The molecule has 1 aromatic carbocycles. The lowest BCUT2D eigenvalue weighted by atomic mass is 10.1. The molecule has 6 nitrogen and oxygen atoms in total. The number of rotatable bonds is 9. The Balaban J connectivity index is 0.00000441. The minimum absolute atomic E-state index is 0. The lowest BCUT2D eigenvalue weighted by Gasteiger charge is -2.10. The number of methoxy groups -OCH3 is 2. The van der Waals surface area contributed by atoms with E-state index >= 15 is 0 Å². The molecule has 3 N–H and O–H groups in total. The third-order valence-corrected chi connectivity index (χ3v) is 2.89. The molecule has 0 saturated carbocycles. The van der Waals surface area contributed by atoms with Crippen LogP contribution in [0.2, 0.25) is 0 Å². The van der Waals surface area contributed by atoms with Crippen LogP contribution >= 0.6 is 24.0 Å². The van der Waals surface area contributed by atoms with Gasteiger partial charge in [-0.3, -0.25) is 4.99 Å². The van der Waals surface area contributed by atoms with Crippen molar-refractivity contribution in [3.63, 3.8) is 0 Å². The van der Waals surface area contributed by atoms with E-state index in [1.54, 1.807) is 14.2 Å². The summed E-state index contributed by atoms with van der Waals surface area (Å²) in [5, 5.41) is 3.07. The van der Waals surface area contributed by atoms with Crippen LogP contribution in [0.25, 0.3) is 0 Å². The van der Waals surface area contributed by atoms with Crippen LogP contribution in [0, 0.1) is 0 Å². The first-order valence-electron chi connectivity index (χ1n) is 7.03. The minimum Gasteiger partial charge on any atom is -0.493 e. The fraction of sp³-hybridized carbons (Fsp3) is 0.533. The van der Waals surface area contributed by atoms with Gasteiger partial charge in [0, 0.05) is 13.2 Å². The van der Waals surface area contributed by atoms with Gasteiger partial charge in [0.05, 0.1) is 27.4 Å². The second-order valence-corrected chi connectivity index (χ2v) is 4.33. The van der Waals surface area contributed by atoms with Gasteiger partial charge in [0.2, 0.25) is 0 Å². The molecule has 0 unspecified atom stereocenters. The molecule has 0 atom stereocenters. The molecule has 1 rings (SSSR count). The number of ether oxygens (including phenoxy) is 3. The minimum atomic E-state index is 0. The van der Waals surface area contributed by atoms with Crippen LogP contribution in [-0.4, -0.2) is 46.5 Å². The highest BCUT2D eigenvalue weighted by molar-refractivity contribution is 14.0. The quantitative estimate of drug-likeness (QED) is 0.274. The van der Waals surface area contributed by atoms with Gasteiger partial charge < -0.3 is 25.3 Å². The molecule has 7 heteroatoms. The number of nitrogens with zero attached hydrogens (tertiary/aromatic N) is 1. The first kappa shape index (κ1) is 20.8. The summed E-state index contributed by atoms with van der Waals surface area (Å²) in [5.41, 5.74) is 6.90. The molecule has 0 radical (unpaired) electrons. The van der Waals surface area contributed by atoms with E-state index in [1.807, 2.05) is 25.1 Å². The normalized spacial score (nSPS) is 10.8. The summed E-state index contributed by atoms with van der Waals surface area (Å²) >= 11 is 0. The van der Waals surface area contributed by atoms with Crippen molar-refractivity contribution in [1.82, 2.24) is 5.32 Å². The largest absolute Gasteiger partial charge is 0.493 e. The van der Waals surface area contributed by atoms with Crippen molar-refractivity contribution in [1.29, 1.82) is 0 Å². The molecular formula is C15H26IN3O3. The zero-order valence-corrected chi connectivity index (χ0v) is 15.8. The molecule has 0 saturated heterocycles. The number of guanidine groups is 1. The van der Waals surface area contributed by atoms with E-state index < -0.39 is 0 Å². The molecule has 0 aromatic heterocycles. The molecule has 1 aromatic rings. The van der Waals surface area contributed by atoms with E-state index in [0.717, 1.165) is 23.5 Å². The van der Waals surface area contributed by atoms with Crippen LogP contribution in [0.5, 0.6) is 11.5 Å². The van der Waals surface area contributed by atoms with Crippen molar-refractivity contribution >= 4 is 29.9 Å². The first-order chi connectivity index (χ1) is 10.2. The summed E-state index contributed by atoms with van der Waals surface area (Å²) in [6, 6.07) is 5.86. The second kappa shape index (κ2) is 12.3. The first-order valence-corrected chi connectivity index (χ1v) is 7.03. The van der Waals surface area contributed by atoms with E-state index in [2.05, 4.69) is 10.3 Å². The average molecular weight is 423 g/mol. The van der Waals surface area contributed by atoms with Gasteiger partial charge in [-0.15, -0.1) is 24.0 Å². The fourth-order valence-electron chi connectivity index (χ4n) is 1.80. The van der Waals surface area contributed by atoms with Gasteiger partial charge >= 0.3 is 0 Å². The molecule has 0 bridgehead atoms. The van der Waals surface area contributed by atoms with E-state index in [4.69, 9.17) is 19.9 Å². The van der Waals surface area contributed by atoms with Crippen molar-refractivity contribution in [2.24, 2.45) is 10.7 Å². The summed E-state index contributed by atoms with van der Waals surface area (Å²) < 4.78 is 15.7. The number of benzene rings is 1. The smallest absolute Gasteiger partial charge is 0.188 e. The van der Waals surface area contributed by atoms with Gasteiger partial charge in [0.15, 0.2) is 17.5 Å². The average Bonchev–Trinajstić information content (AvgIpc) is 2.51. The molecule has 0 aliphatic carbocycles. The van der Waals surface area contributed by atoms with Gasteiger partial charge in [0.1, 0.15) is 0 Å². The van der Waals surface area contributed by atoms with Gasteiger partial charge in [-0.25, -0.2) is 0 Å². The molecule has 0 spiro atoms. The summed E-state index contributed by atoms with van der Waals surface area (Å²) in [5.74, 6) is 1.90. The fourth-order valence-corrected chi connectivity index (χ4v) is 1.80. The molecule has 0 heterocycles. The van der Waals surface area contributed by atoms with Crippen molar-refractivity contribution in [3.8, 4) is 11.5 Å². The highest BCUT2D eigenvalue weighted by Gasteiger charge is 2.04. The van der Waals surface area contributed by atoms with Crippen molar-refractivity contribution in [3.05, 3.63) is 23.8 Å². The van der Waals surface area contributed by atoms with Gasteiger partial charge in [-0.1, -0.05) is 6.07 Å². The maximum absolute atomic E-state index is 5.76.